The van der Waals surface area contributed by atoms with Gasteiger partial charge >= 0.3 is 5.97 Å². The van der Waals surface area contributed by atoms with Crippen LogP contribution in [-0.4, -0.2) is 39.7 Å². The summed E-state index contributed by atoms with van der Waals surface area (Å²) in [4.78, 5) is 43.5. The summed E-state index contributed by atoms with van der Waals surface area (Å²) >= 11 is 1.07. The van der Waals surface area contributed by atoms with Crippen LogP contribution in [0.4, 0.5) is 5.69 Å². The third-order valence-corrected chi connectivity index (χ3v) is 6.50. The van der Waals surface area contributed by atoms with E-state index in [1.165, 1.54) is 23.0 Å². The highest BCUT2D eigenvalue weighted by molar-refractivity contribution is 7.20. The molecule has 10 heteroatoms. The Kier molecular flexibility index (Phi) is 7.11. The molecule has 1 unspecified atom stereocenters. The van der Waals surface area contributed by atoms with Crippen molar-refractivity contribution in [3.05, 3.63) is 81.7 Å². The lowest BCUT2D eigenvalue weighted by Crippen LogP contribution is -2.31. The summed E-state index contributed by atoms with van der Waals surface area (Å²) in [7, 11) is 0. The van der Waals surface area contributed by atoms with Gasteiger partial charge in [-0.3, -0.25) is 14.2 Å². The number of aromatic nitrogens is 2. The first kappa shape index (κ1) is 24.0. The zero-order valence-electron chi connectivity index (χ0n) is 19.1. The topological polar surface area (TPSA) is 120 Å². The van der Waals surface area contributed by atoms with Gasteiger partial charge in [-0.05, 0) is 55.8 Å². The van der Waals surface area contributed by atoms with Crippen molar-refractivity contribution in [2.24, 2.45) is 0 Å². The van der Waals surface area contributed by atoms with Crippen molar-refractivity contribution in [3.8, 4) is 11.5 Å². The van der Waals surface area contributed by atoms with Crippen molar-refractivity contribution in [1.29, 1.82) is 0 Å². The van der Waals surface area contributed by atoms with Crippen molar-refractivity contribution in [1.82, 2.24) is 9.55 Å². The van der Waals surface area contributed by atoms with Gasteiger partial charge in [0.15, 0.2) is 0 Å². The summed E-state index contributed by atoms with van der Waals surface area (Å²) in [5.41, 5.74) is 0.510. The van der Waals surface area contributed by atoms with Crippen molar-refractivity contribution in [3.63, 3.8) is 0 Å². The molecule has 0 aliphatic carbocycles. The fourth-order valence-corrected chi connectivity index (χ4v) is 4.43. The summed E-state index contributed by atoms with van der Waals surface area (Å²) in [6.45, 7) is 3.48. The largest absolute Gasteiger partial charge is 0.508 e. The SMILES string of the molecule is Cc1c(C(=O)OCCOc2ccccc2)sc2ncn(C(C)C(=O)Nc3ccc(O)cc3)c(=O)c12. The Labute approximate surface area is 204 Å². The number of nitrogens with zero attached hydrogens (tertiary/aromatic N) is 2. The molecular formula is C25H23N3O6S. The molecule has 0 aliphatic rings. The van der Waals surface area contributed by atoms with Crippen LogP contribution < -0.4 is 15.6 Å². The number of anilines is 1. The molecule has 2 N–H and O–H groups in total. The number of hydrogen-bond acceptors (Lipinski definition) is 8. The minimum atomic E-state index is -0.863. The number of benzene rings is 2. The average Bonchev–Trinajstić information content (AvgIpc) is 3.20. The molecule has 0 saturated heterocycles. The average molecular weight is 494 g/mol. The molecule has 35 heavy (non-hydrogen) atoms. The van der Waals surface area contributed by atoms with E-state index in [2.05, 4.69) is 10.3 Å². The molecule has 2 aromatic heterocycles. The maximum Gasteiger partial charge on any atom is 0.348 e. The summed E-state index contributed by atoms with van der Waals surface area (Å²) in [6, 6.07) is 14.3. The van der Waals surface area contributed by atoms with Gasteiger partial charge in [0, 0.05) is 5.69 Å². The molecule has 2 aromatic carbocycles. The standard InChI is InChI=1S/C25H23N3O6S/c1-15-20-23(35-21(15)25(32)34-13-12-33-19-6-4-3-5-7-19)26-14-28(24(20)31)16(2)22(30)27-17-8-10-18(29)11-9-17/h3-11,14,16,29H,12-13H2,1-2H3,(H,27,30). The number of phenolic OH excluding ortho intramolecular Hbond substituents is 1. The van der Waals surface area contributed by atoms with E-state index in [1.807, 2.05) is 18.2 Å². The number of aromatic hydroxyl groups is 1. The van der Waals surface area contributed by atoms with E-state index in [-0.39, 0.29) is 29.2 Å². The van der Waals surface area contributed by atoms with Crippen molar-refractivity contribution in [2.45, 2.75) is 19.9 Å². The van der Waals surface area contributed by atoms with E-state index in [0.29, 0.717) is 21.8 Å². The molecule has 1 atom stereocenters. The third-order valence-electron chi connectivity index (χ3n) is 5.32. The van der Waals surface area contributed by atoms with Crippen LogP contribution in [0.3, 0.4) is 0 Å². The van der Waals surface area contributed by atoms with Gasteiger partial charge in [0.1, 0.15) is 40.5 Å². The van der Waals surface area contributed by atoms with Crippen molar-refractivity contribution in [2.75, 3.05) is 18.5 Å². The zero-order valence-corrected chi connectivity index (χ0v) is 19.9. The number of amides is 1. The van der Waals surface area contributed by atoms with Crippen molar-refractivity contribution >= 4 is 39.1 Å². The molecule has 0 spiro atoms. The van der Waals surface area contributed by atoms with Crippen LogP contribution in [0, 0.1) is 6.92 Å². The van der Waals surface area contributed by atoms with Gasteiger partial charge in [0.25, 0.3) is 5.56 Å². The molecule has 1 amide bonds. The number of nitrogens with one attached hydrogen (secondary N) is 1. The predicted octanol–water partition coefficient (Wildman–Crippen LogP) is 3.91. The number of para-hydroxylation sites is 1. The minimum Gasteiger partial charge on any atom is -0.508 e. The molecule has 0 bridgehead atoms. The number of ether oxygens (including phenoxy) is 2. The summed E-state index contributed by atoms with van der Waals surface area (Å²) in [5.74, 6) is -0.237. The molecule has 9 nitrogen and oxygen atoms in total. The molecule has 2 heterocycles. The molecule has 180 valence electrons. The third kappa shape index (κ3) is 5.33. The zero-order chi connectivity index (χ0) is 24.9. The van der Waals surface area contributed by atoms with Gasteiger partial charge in [0.2, 0.25) is 5.91 Å². The van der Waals surface area contributed by atoms with E-state index >= 15 is 0 Å². The van der Waals surface area contributed by atoms with E-state index < -0.39 is 23.5 Å². The monoisotopic (exact) mass is 493 g/mol. The summed E-state index contributed by atoms with van der Waals surface area (Å²) in [6.07, 6.45) is 1.30. The second-order valence-electron chi connectivity index (χ2n) is 7.70. The fourth-order valence-electron chi connectivity index (χ4n) is 3.40. The number of esters is 1. The Hall–Kier alpha value is -4.18. The number of fused-ring (bicyclic) bond motifs is 1. The fraction of sp³-hybridized carbons (Fsp3) is 0.200. The van der Waals surface area contributed by atoms with Crippen molar-refractivity contribution < 1.29 is 24.2 Å². The Balaban J connectivity index is 1.47. The maximum absolute atomic E-state index is 13.2. The molecule has 0 radical (unpaired) electrons. The lowest BCUT2D eigenvalue weighted by Gasteiger charge is -2.15. The number of aryl methyl sites for hydroxylation is 1. The molecule has 4 rings (SSSR count). The molecule has 0 aliphatic heterocycles. The predicted molar refractivity (Wildman–Crippen MR) is 132 cm³/mol. The summed E-state index contributed by atoms with van der Waals surface area (Å²) in [5, 5.41) is 12.4. The van der Waals surface area contributed by atoms with Gasteiger partial charge in [-0.15, -0.1) is 11.3 Å². The Bertz CT molecular complexity index is 1410. The highest BCUT2D eigenvalue weighted by Crippen LogP contribution is 2.28. The Morgan fingerprint density at radius 3 is 2.54 bits per heavy atom. The highest BCUT2D eigenvalue weighted by Gasteiger charge is 2.23. The first-order valence-corrected chi connectivity index (χ1v) is 11.6. The van der Waals surface area contributed by atoms with Gasteiger partial charge < -0.3 is 19.9 Å². The molecule has 4 aromatic rings. The van der Waals surface area contributed by atoms with Crippen LogP contribution in [0.15, 0.2) is 65.7 Å². The van der Waals surface area contributed by atoms with Crippen LogP contribution in [0.1, 0.15) is 28.2 Å². The van der Waals surface area contributed by atoms with E-state index in [9.17, 15) is 19.5 Å². The quantitative estimate of drug-likeness (QED) is 0.217. The molecular weight excluding hydrogens is 470 g/mol. The van der Waals surface area contributed by atoms with Crippen LogP contribution in [0.5, 0.6) is 11.5 Å². The summed E-state index contributed by atoms with van der Waals surface area (Å²) < 4.78 is 12.1. The van der Waals surface area contributed by atoms with Gasteiger partial charge in [-0.25, -0.2) is 9.78 Å². The van der Waals surface area contributed by atoms with Crippen LogP contribution in [-0.2, 0) is 9.53 Å². The van der Waals surface area contributed by atoms with Crippen LogP contribution in [0.25, 0.3) is 10.2 Å². The number of carbonyl (C=O) groups is 2. The van der Waals surface area contributed by atoms with Gasteiger partial charge in [-0.1, -0.05) is 18.2 Å². The lowest BCUT2D eigenvalue weighted by atomic mass is 10.2. The van der Waals surface area contributed by atoms with E-state index in [0.717, 1.165) is 11.3 Å². The van der Waals surface area contributed by atoms with E-state index in [4.69, 9.17) is 9.47 Å². The first-order valence-electron chi connectivity index (χ1n) is 10.8. The van der Waals surface area contributed by atoms with Crippen LogP contribution >= 0.6 is 11.3 Å². The normalized spacial score (nSPS) is 11.7. The Morgan fingerprint density at radius 2 is 1.83 bits per heavy atom. The number of phenols is 1. The number of hydrogen-bond donors (Lipinski definition) is 2. The van der Waals surface area contributed by atoms with E-state index in [1.54, 1.807) is 38.1 Å². The lowest BCUT2D eigenvalue weighted by molar-refractivity contribution is -0.118. The second kappa shape index (κ2) is 10.4. The second-order valence-corrected chi connectivity index (χ2v) is 8.70. The minimum absolute atomic E-state index is 0.0491. The number of rotatable bonds is 8. The smallest absolute Gasteiger partial charge is 0.348 e. The molecule has 0 saturated carbocycles. The molecule has 0 fully saturated rings. The first-order chi connectivity index (χ1) is 16.8. The number of thiophene rings is 1. The van der Waals surface area contributed by atoms with Gasteiger partial charge in [0.05, 0.1) is 11.7 Å². The Morgan fingerprint density at radius 1 is 1.11 bits per heavy atom. The van der Waals surface area contributed by atoms with Crippen LogP contribution in [0.2, 0.25) is 0 Å². The number of carbonyl (C=O) groups excluding carboxylic acids is 2. The maximum atomic E-state index is 13.2. The van der Waals surface area contributed by atoms with Gasteiger partial charge in [-0.2, -0.15) is 0 Å². The highest BCUT2D eigenvalue weighted by atomic mass is 32.1.